The maximum absolute atomic E-state index is 13.5. The molecule has 2 bridgehead atoms. The lowest BCUT2D eigenvalue weighted by Crippen LogP contribution is -2.48. The van der Waals surface area contributed by atoms with Gasteiger partial charge in [0.1, 0.15) is 17.6 Å². The molecule has 0 saturated carbocycles. The zero-order valence-electron chi connectivity index (χ0n) is 16.8. The van der Waals surface area contributed by atoms with E-state index in [9.17, 15) is 9.18 Å². The van der Waals surface area contributed by atoms with E-state index in [-0.39, 0.29) is 5.56 Å². The van der Waals surface area contributed by atoms with Crippen molar-refractivity contribution in [3.8, 4) is 0 Å². The van der Waals surface area contributed by atoms with Crippen LogP contribution in [0, 0.1) is 5.92 Å². The first-order valence-corrected chi connectivity index (χ1v) is 10.8. The second kappa shape index (κ2) is 6.94. The molecule has 3 aliphatic rings. The number of hydrogen-bond acceptors (Lipinski definition) is 5. The number of pyridine rings is 2. The van der Waals surface area contributed by atoms with Crippen LogP contribution in [-0.4, -0.2) is 46.8 Å². The average molecular weight is 408 g/mol. The molecule has 0 aromatic carbocycles. The molecule has 156 valence electrons. The van der Waals surface area contributed by atoms with Gasteiger partial charge in [0.2, 0.25) is 0 Å². The zero-order chi connectivity index (χ0) is 20.2. The number of aromatic nitrogens is 2. The third-order valence-electron chi connectivity index (χ3n) is 6.95. The molecular weight excluding hydrogens is 383 g/mol. The molecule has 0 spiro atoms. The first-order chi connectivity index (χ1) is 14.7. The largest absolute Gasteiger partial charge is 0.464 e. The second-order valence-electron chi connectivity index (χ2n) is 8.99. The van der Waals surface area contributed by atoms with Crippen LogP contribution < -0.4 is 10.5 Å². The summed E-state index contributed by atoms with van der Waals surface area (Å²) in [7, 11) is 0. The van der Waals surface area contributed by atoms with Crippen LogP contribution in [0.5, 0.6) is 0 Å². The molecule has 3 aromatic rings. The summed E-state index contributed by atoms with van der Waals surface area (Å²) in [5, 5.41) is 1.04. The number of nitrogens with zero attached hydrogens (tertiary/aromatic N) is 4. The molecule has 6 rings (SSSR count). The highest BCUT2D eigenvalue weighted by molar-refractivity contribution is 5.88. The van der Waals surface area contributed by atoms with Crippen molar-refractivity contribution in [2.24, 2.45) is 5.92 Å². The molecule has 7 heteroatoms. The van der Waals surface area contributed by atoms with Gasteiger partial charge < -0.3 is 13.9 Å². The third kappa shape index (κ3) is 2.95. The molecule has 0 N–H and O–H groups in total. The Bertz CT molecular complexity index is 1160. The fourth-order valence-electron chi connectivity index (χ4n) is 5.59. The zero-order valence-corrected chi connectivity index (χ0v) is 16.8. The smallest absolute Gasteiger partial charge is 0.255 e. The van der Waals surface area contributed by atoms with Crippen LogP contribution >= 0.6 is 0 Å². The predicted octanol–water partition coefficient (Wildman–Crippen LogP) is 3.16. The Kier molecular flexibility index (Phi) is 4.19. The van der Waals surface area contributed by atoms with Gasteiger partial charge in [-0.15, -0.1) is 0 Å². The lowest BCUT2D eigenvalue weighted by Gasteiger charge is -2.43. The van der Waals surface area contributed by atoms with E-state index in [0.29, 0.717) is 31.3 Å². The fraction of sp³-hybridized carbons (Fsp3) is 0.478. The summed E-state index contributed by atoms with van der Waals surface area (Å²) >= 11 is 0. The van der Waals surface area contributed by atoms with Crippen molar-refractivity contribution in [3.63, 3.8) is 0 Å². The Labute approximate surface area is 173 Å². The average Bonchev–Trinajstić information content (AvgIpc) is 3.39. The molecular formula is C23H25FN4O2. The van der Waals surface area contributed by atoms with E-state index in [1.807, 2.05) is 22.8 Å². The van der Waals surface area contributed by atoms with Crippen LogP contribution in [0.2, 0.25) is 0 Å². The molecule has 0 radical (unpaired) electrons. The highest BCUT2D eigenvalue weighted by Gasteiger charge is 2.36. The van der Waals surface area contributed by atoms with Crippen molar-refractivity contribution in [3.05, 3.63) is 58.3 Å². The first-order valence-electron chi connectivity index (χ1n) is 10.8. The Hall–Kier alpha value is -2.67. The van der Waals surface area contributed by atoms with E-state index in [1.54, 1.807) is 12.5 Å². The van der Waals surface area contributed by atoms with Gasteiger partial charge in [0.05, 0.1) is 11.6 Å². The Morgan fingerprint density at radius 1 is 1.13 bits per heavy atom. The van der Waals surface area contributed by atoms with E-state index in [1.165, 1.54) is 0 Å². The molecule has 0 aliphatic carbocycles. The minimum Gasteiger partial charge on any atom is -0.464 e. The van der Waals surface area contributed by atoms with Crippen molar-refractivity contribution >= 4 is 16.8 Å². The highest BCUT2D eigenvalue weighted by atomic mass is 19.1. The summed E-state index contributed by atoms with van der Waals surface area (Å²) in [5.74, 6) is 1.69. The van der Waals surface area contributed by atoms with Crippen molar-refractivity contribution in [2.45, 2.75) is 38.0 Å². The highest BCUT2D eigenvalue weighted by Crippen LogP contribution is 2.38. The van der Waals surface area contributed by atoms with E-state index < -0.39 is 6.17 Å². The number of anilines is 1. The SMILES string of the molecule is O=c1c(CN2CC[C@@H](F)C2)ccc2n1C[C@H]1C[C@@H]2CN(c2nccc3occc23)C1. The minimum atomic E-state index is -0.760. The van der Waals surface area contributed by atoms with E-state index in [4.69, 9.17) is 4.42 Å². The van der Waals surface area contributed by atoms with Gasteiger partial charge in [0.15, 0.2) is 0 Å². The second-order valence-corrected chi connectivity index (χ2v) is 8.99. The van der Waals surface area contributed by atoms with Crippen LogP contribution in [0.1, 0.15) is 30.0 Å². The standard InChI is InChI=1S/C23H25FN4O2/c24-18-4-7-26(14-18)12-16-1-2-20-17-9-15(11-28(20)23(16)29)10-27(13-17)22-19-5-8-30-21(19)3-6-25-22/h1-3,5-6,8,15,17-18H,4,7,9-14H2/t15-,17+,18+/m0/s1. The first kappa shape index (κ1) is 18.1. The van der Waals surface area contributed by atoms with Crippen LogP contribution in [0.15, 0.2) is 45.9 Å². The Balaban J connectivity index is 1.29. The van der Waals surface area contributed by atoms with Crippen molar-refractivity contribution in [1.82, 2.24) is 14.5 Å². The normalized spacial score (nSPS) is 26.3. The predicted molar refractivity (Wildman–Crippen MR) is 113 cm³/mol. The van der Waals surface area contributed by atoms with E-state index in [2.05, 4.69) is 20.9 Å². The van der Waals surface area contributed by atoms with Gasteiger partial charge in [-0.1, -0.05) is 6.07 Å². The maximum atomic E-state index is 13.5. The summed E-state index contributed by atoms with van der Waals surface area (Å²) in [5.41, 5.74) is 2.87. The lowest BCUT2D eigenvalue weighted by molar-refractivity contribution is 0.270. The van der Waals surface area contributed by atoms with Crippen LogP contribution in [0.3, 0.4) is 0 Å². The topological polar surface area (TPSA) is 54.5 Å². The summed E-state index contributed by atoms with van der Waals surface area (Å²) in [6, 6.07) is 7.96. The van der Waals surface area contributed by atoms with Gasteiger partial charge in [0.25, 0.3) is 5.56 Å². The van der Waals surface area contributed by atoms with Gasteiger partial charge in [-0.05, 0) is 37.0 Å². The van der Waals surface area contributed by atoms with Gasteiger partial charge in [-0.25, -0.2) is 9.37 Å². The molecule has 3 atom stereocenters. The molecule has 6 nitrogen and oxygen atoms in total. The number of alkyl halides is 1. The number of piperidine rings is 1. The molecule has 3 aliphatic heterocycles. The summed E-state index contributed by atoms with van der Waals surface area (Å²) in [6.45, 7) is 4.19. The molecule has 2 fully saturated rings. The van der Waals surface area contributed by atoms with Crippen molar-refractivity contribution in [1.29, 1.82) is 0 Å². The van der Waals surface area contributed by atoms with Gasteiger partial charge in [-0.2, -0.15) is 0 Å². The van der Waals surface area contributed by atoms with Gasteiger partial charge in [-0.3, -0.25) is 9.69 Å². The molecule has 6 heterocycles. The third-order valence-corrected chi connectivity index (χ3v) is 6.95. The molecule has 3 aromatic heterocycles. The summed E-state index contributed by atoms with van der Waals surface area (Å²) < 4.78 is 21.1. The van der Waals surface area contributed by atoms with Crippen LogP contribution in [-0.2, 0) is 13.1 Å². The van der Waals surface area contributed by atoms with E-state index in [0.717, 1.165) is 60.6 Å². The van der Waals surface area contributed by atoms with Crippen molar-refractivity contribution in [2.75, 3.05) is 31.1 Å². The Morgan fingerprint density at radius 2 is 2.07 bits per heavy atom. The number of rotatable bonds is 3. The van der Waals surface area contributed by atoms with Crippen LogP contribution in [0.4, 0.5) is 10.2 Å². The quantitative estimate of drug-likeness (QED) is 0.666. The number of hydrogen-bond donors (Lipinski definition) is 0. The summed E-state index contributed by atoms with van der Waals surface area (Å²) in [6.07, 6.45) is 4.43. The van der Waals surface area contributed by atoms with Crippen molar-refractivity contribution < 1.29 is 8.81 Å². The molecule has 0 amide bonds. The van der Waals surface area contributed by atoms with Gasteiger partial charge in [0, 0.05) is 62.6 Å². The fourth-order valence-corrected chi connectivity index (χ4v) is 5.59. The monoisotopic (exact) mass is 408 g/mol. The maximum Gasteiger partial charge on any atom is 0.255 e. The van der Waals surface area contributed by atoms with E-state index >= 15 is 0 Å². The lowest BCUT2D eigenvalue weighted by atomic mass is 9.83. The van der Waals surface area contributed by atoms with Crippen LogP contribution in [0.25, 0.3) is 11.0 Å². The minimum absolute atomic E-state index is 0.105. The number of halogens is 1. The molecule has 30 heavy (non-hydrogen) atoms. The van der Waals surface area contributed by atoms with Gasteiger partial charge >= 0.3 is 0 Å². The number of likely N-dealkylation sites (tertiary alicyclic amines) is 1. The molecule has 2 saturated heterocycles. The number of furan rings is 1. The Morgan fingerprint density at radius 3 is 2.93 bits per heavy atom. The molecule has 0 unspecified atom stereocenters. The summed E-state index contributed by atoms with van der Waals surface area (Å²) in [4.78, 5) is 22.3. The number of fused-ring (bicyclic) bond motifs is 5.